The van der Waals surface area contributed by atoms with E-state index < -0.39 is 0 Å². The third-order valence-corrected chi connectivity index (χ3v) is 3.14. The zero-order valence-corrected chi connectivity index (χ0v) is 13.0. The predicted molar refractivity (Wildman–Crippen MR) is 88.1 cm³/mol. The fourth-order valence-corrected chi connectivity index (χ4v) is 2.04. The van der Waals surface area contributed by atoms with Crippen molar-refractivity contribution in [1.29, 1.82) is 0 Å². The first-order valence-corrected chi connectivity index (χ1v) is 7.05. The molecule has 0 radical (unpaired) electrons. The Morgan fingerprint density at radius 2 is 2.18 bits per heavy atom. The zero-order valence-electron chi connectivity index (χ0n) is 13.0. The second-order valence-corrected chi connectivity index (χ2v) is 4.73. The van der Waals surface area contributed by atoms with Crippen LogP contribution in [0.3, 0.4) is 0 Å². The third kappa shape index (κ3) is 3.70. The molecule has 2 aromatic rings. The highest BCUT2D eigenvalue weighted by atomic mass is 19.1. The van der Waals surface area contributed by atoms with Crippen molar-refractivity contribution in [3.63, 3.8) is 0 Å². The van der Waals surface area contributed by atoms with Crippen molar-refractivity contribution in [1.82, 2.24) is 9.78 Å². The molecule has 0 aliphatic heterocycles. The Balaban J connectivity index is 2.34. The SMILES string of the molecule is CC#C/C=C(\N=C/C)c1cc(C)n(Cc2ccccc2F)n1. The summed E-state index contributed by atoms with van der Waals surface area (Å²) in [6.45, 7) is 5.94. The third-order valence-electron chi connectivity index (χ3n) is 3.14. The van der Waals surface area contributed by atoms with Gasteiger partial charge in [0, 0.05) is 23.5 Å². The standard InChI is InChI=1S/C18H18FN3/c1-4-6-11-17(20-5-2)18-12-14(3)22(21-18)13-15-9-7-8-10-16(15)19/h5,7-12H,13H2,1-3H3/b17-11-,20-5-. The molecule has 3 nitrogen and oxygen atoms in total. The van der Waals surface area contributed by atoms with Crippen LogP contribution in [-0.2, 0) is 6.54 Å². The van der Waals surface area contributed by atoms with Gasteiger partial charge in [-0.25, -0.2) is 4.39 Å². The van der Waals surface area contributed by atoms with Gasteiger partial charge in [-0.15, -0.1) is 5.92 Å². The molecule has 0 atom stereocenters. The van der Waals surface area contributed by atoms with Crippen LogP contribution in [0.4, 0.5) is 4.39 Å². The van der Waals surface area contributed by atoms with Crippen molar-refractivity contribution >= 4 is 11.9 Å². The first-order valence-electron chi connectivity index (χ1n) is 7.05. The number of aryl methyl sites for hydroxylation is 1. The van der Waals surface area contributed by atoms with Crippen LogP contribution in [-0.4, -0.2) is 16.0 Å². The summed E-state index contributed by atoms with van der Waals surface area (Å²) in [6, 6.07) is 8.65. The summed E-state index contributed by atoms with van der Waals surface area (Å²) in [5, 5.41) is 4.52. The van der Waals surface area contributed by atoms with Gasteiger partial charge in [-0.1, -0.05) is 24.1 Å². The number of nitrogens with zero attached hydrogens (tertiary/aromatic N) is 3. The number of aliphatic imine (C=N–C) groups is 1. The van der Waals surface area contributed by atoms with Crippen molar-refractivity contribution in [2.75, 3.05) is 0 Å². The van der Waals surface area contributed by atoms with Gasteiger partial charge >= 0.3 is 0 Å². The summed E-state index contributed by atoms with van der Waals surface area (Å²) in [7, 11) is 0. The molecule has 1 aromatic carbocycles. The average molecular weight is 295 g/mol. The second-order valence-electron chi connectivity index (χ2n) is 4.73. The summed E-state index contributed by atoms with van der Waals surface area (Å²) in [4.78, 5) is 4.29. The topological polar surface area (TPSA) is 30.2 Å². The summed E-state index contributed by atoms with van der Waals surface area (Å²) >= 11 is 0. The minimum Gasteiger partial charge on any atom is -0.265 e. The van der Waals surface area contributed by atoms with Gasteiger partial charge in [-0.2, -0.15) is 5.10 Å². The highest BCUT2D eigenvalue weighted by Crippen LogP contribution is 2.17. The largest absolute Gasteiger partial charge is 0.265 e. The van der Waals surface area contributed by atoms with Gasteiger partial charge in [-0.3, -0.25) is 9.67 Å². The molecular weight excluding hydrogens is 277 g/mol. The molecule has 0 saturated carbocycles. The molecular formula is C18H18FN3. The number of hydrogen-bond donors (Lipinski definition) is 0. The molecule has 1 aromatic heterocycles. The molecule has 4 heteroatoms. The lowest BCUT2D eigenvalue weighted by Gasteiger charge is -2.05. The molecule has 2 rings (SSSR count). The van der Waals surface area contributed by atoms with E-state index in [1.807, 2.05) is 26.0 Å². The Morgan fingerprint density at radius 1 is 1.41 bits per heavy atom. The first kappa shape index (κ1) is 15.7. The molecule has 0 fully saturated rings. The number of benzene rings is 1. The lowest BCUT2D eigenvalue weighted by Crippen LogP contribution is -2.05. The fraction of sp³-hybridized carbons (Fsp3) is 0.222. The highest BCUT2D eigenvalue weighted by Gasteiger charge is 2.10. The minimum atomic E-state index is -0.224. The average Bonchev–Trinajstić information content (AvgIpc) is 2.87. The van der Waals surface area contributed by atoms with Gasteiger partial charge in [-0.05, 0) is 32.9 Å². The van der Waals surface area contributed by atoms with Gasteiger partial charge in [0.25, 0.3) is 0 Å². The first-order chi connectivity index (χ1) is 10.7. The van der Waals surface area contributed by atoms with Crippen LogP contribution >= 0.6 is 0 Å². The maximum absolute atomic E-state index is 13.8. The quantitative estimate of drug-likeness (QED) is 0.622. The molecule has 0 saturated heterocycles. The molecule has 1 heterocycles. The van der Waals surface area contributed by atoms with Crippen LogP contribution in [0.1, 0.15) is 30.8 Å². The van der Waals surface area contributed by atoms with Crippen molar-refractivity contribution in [2.45, 2.75) is 27.3 Å². The van der Waals surface area contributed by atoms with Crippen LogP contribution in [0.5, 0.6) is 0 Å². The molecule has 112 valence electrons. The molecule has 0 N–H and O–H groups in total. The van der Waals surface area contributed by atoms with Crippen LogP contribution in [0.2, 0.25) is 0 Å². The maximum atomic E-state index is 13.8. The van der Waals surface area contributed by atoms with E-state index in [0.29, 0.717) is 17.8 Å². The Bertz CT molecular complexity index is 773. The van der Waals surface area contributed by atoms with E-state index in [-0.39, 0.29) is 5.82 Å². The van der Waals surface area contributed by atoms with E-state index in [2.05, 4.69) is 21.9 Å². The van der Waals surface area contributed by atoms with Crippen LogP contribution in [0, 0.1) is 24.6 Å². The number of rotatable bonds is 4. The monoisotopic (exact) mass is 295 g/mol. The number of allylic oxidation sites excluding steroid dienone is 1. The van der Waals surface area contributed by atoms with Crippen molar-refractivity contribution in [2.24, 2.45) is 4.99 Å². The van der Waals surface area contributed by atoms with Gasteiger partial charge in [0.1, 0.15) is 11.5 Å². The molecule has 0 aliphatic carbocycles. The lowest BCUT2D eigenvalue weighted by molar-refractivity contribution is 0.579. The van der Waals surface area contributed by atoms with Crippen molar-refractivity contribution < 1.29 is 4.39 Å². The highest BCUT2D eigenvalue weighted by molar-refractivity contribution is 5.72. The zero-order chi connectivity index (χ0) is 15.9. The summed E-state index contributed by atoms with van der Waals surface area (Å²) < 4.78 is 15.5. The summed E-state index contributed by atoms with van der Waals surface area (Å²) in [5.41, 5.74) is 2.99. The van der Waals surface area contributed by atoms with E-state index in [1.165, 1.54) is 6.07 Å². The van der Waals surface area contributed by atoms with Gasteiger partial charge < -0.3 is 0 Å². The van der Waals surface area contributed by atoms with Crippen LogP contribution < -0.4 is 0 Å². The predicted octanol–water partition coefficient (Wildman–Crippen LogP) is 3.83. The number of hydrogen-bond acceptors (Lipinski definition) is 2. The molecule has 0 amide bonds. The summed E-state index contributed by atoms with van der Waals surface area (Å²) in [5.74, 6) is 5.47. The Morgan fingerprint density at radius 3 is 2.86 bits per heavy atom. The summed E-state index contributed by atoms with van der Waals surface area (Å²) in [6.07, 6.45) is 3.43. The molecule has 0 bridgehead atoms. The van der Waals surface area contributed by atoms with Gasteiger partial charge in [0.05, 0.1) is 12.2 Å². The van der Waals surface area contributed by atoms with E-state index >= 15 is 0 Å². The molecule has 0 unspecified atom stereocenters. The van der Waals surface area contributed by atoms with E-state index in [0.717, 1.165) is 11.4 Å². The number of halogens is 1. The van der Waals surface area contributed by atoms with Gasteiger partial charge in [0.15, 0.2) is 0 Å². The second kappa shape index (κ2) is 7.37. The van der Waals surface area contributed by atoms with Crippen molar-refractivity contribution in [3.8, 4) is 11.8 Å². The van der Waals surface area contributed by atoms with Gasteiger partial charge in [0.2, 0.25) is 0 Å². The molecule has 0 spiro atoms. The number of aromatic nitrogens is 2. The van der Waals surface area contributed by atoms with Crippen LogP contribution in [0.15, 0.2) is 41.4 Å². The Labute approximate surface area is 130 Å². The van der Waals surface area contributed by atoms with E-state index in [4.69, 9.17) is 0 Å². The van der Waals surface area contributed by atoms with Crippen molar-refractivity contribution in [3.05, 3.63) is 59.2 Å². The minimum absolute atomic E-state index is 0.224. The normalized spacial score (nSPS) is 11.5. The Hall–Kier alpha value is -2.67. The Kier molecular flexibility index (Phi) is 5.26. The van der Waals surface area contributed by atoms with Crippen LogP contribution in [0.25, 0.3) is 5.70 Å². The van der Waals surface area contributed by atoms with E-state index in [1.54, 1.807) is 36.0 Å². The molecule has 0 aliphatic rings. The maximum Gasteiger partial charge on any atom is 0.128 e. The lowest BCUT2D eigenvalue weighted by atomic mass is 10.2. The van der Waals surface area contributed by atoms with E-state index in [9.17, 15) is 4.39 Å². The molecule has 22 heavy (non-hydrogen) atoms. The smallest absolute Gasteiger partial charge is 0.128 e. The fourth-order valence-electron chi connectivity index (χ4n) is 2.04.